The third-order valence-electron chi connectivity index (χ3n) is 6.05. The van der Waals surface area contributed by atoms with Gasteiger partial charge >= 0.3 is 0 Å². The molecule has 1 aromatic rings. The summed E-state index contributed by atoms with van der Waals surface area (Å²) in [6.45, 7) is 5.59. The monoisotopic (exact) mass is 550 g/mol. The number of phenols is 1. The van der Waals surface area contributed by atoms with Crippen LogP contribution in [0.1, 0.15) is 58.4 Å². The van der Waals surface area contributed by atoms with Gasteiger partial charge in [0, 0.05) is 18.8 Å². The Bertz CT molecular complexity index is 970. The Morgan fingerprint density at radius 2 is 1.49 bits per heavy atom. The highest BCUT2D eigenvalue weighted by Crippen LogP contribution is 2.16. The third kappa shape index (κ3) is 12.6. The van der Waals surface area contributed by atoms with Gasteiger partial charge in [0.1, 0.15) is 23.9 Å². The van der Waals surface area contributed by atoms with E-state index in [-0.39, 0.29) is 30.9 Å². The maximum absolute atomic E-state index is 13.2. The lowest BCUT2D eigenvalue weighted by atomic mass is 9.92. The van der Waals surface area contributed by atoms with Crippen molar-refractivity contribution in [3.8, 4) is 5.75 Å². The van der Waals surface area contributed by atoms with Gasteiger partial charge in [-0.1, -0.05) is 26.0 Å². The van der Waals surface area contributed by atoms with Crippen LogP contribution in [0.15, 0.2) is 24.3 Å². The first kappa shape index (κ1) is 33.3. The van der Waals surface area contributed by atoms with Crippen molar-refractivity contribution in [2.24, 2.45) is 23.3 Å². The molecule has 0 aliphatic heterocycles. The van der Waals surface area contributed by atoms with Crippen LogP contribution in [0.5, 0.6) is 5.75 Å². The molecule has 0 spiro atoms. The van der Waals surface area contributed by atoms with Gasteiger partial charge in [0.05, 0.1) is 0 Å². The Morgan fingerprint density at radius 3 is 2.03 bits per heavy atom. The minimum absolute atomic E-state index is 0.0272. The molecule has 5 amide bonds. The molecule has 1 aromatic carbocycles. The number of nitrogens with two attached hydrogens (primary N) is 2. The second-order valence-electron chi connectivity index (χ2n) is 9.98. The van der Waals surface area contributed by atoms with Gasteiger partial charge in [-0.15, -0.1) is 0 Å². The molecule has 0 fully saturated rings. The predicted molar refractivity (Wildman–Crippen MR) is 143 cm³/mol. The number of carbonyl (C=O) groups excluding carboxylic acids is 5. The van der Waals surface area contributed by atoms with Crippen molar-refractivity contribution in [1.29, 1.82) is 0 Å². The lowest BCUT2D eigenvalue weighted by molar-refractivity contribution is -0.137. The molecule has 0 saturated carbocycles. The van der Waals surface area contributed by atoms with Gasteiger partial charge in [0.15, 0.2) is 0 Å². The maximum Gasteiger partial charge on any atom is 0.244 e. The molecule has 0 bridgehead atoms. The number of benzene rings is 1. The Morgan fingerprint density at radius 1 is 0.872 bits per heavy atom. The molecule has 0 aliphatic carbocycles. The Labute approximate surface area is 228 Å². The molecule has 1 rings (SSSR count). The van der Waals surface area contributed by atoms with Gasteiger partial charge in [-0.05, 0) is 62.8 Å². The molecule has 4 atom stereocenters. The number of aromatic hydroxyl groups is 1. The van der Waals surface area contributed by atoms with Crippen molar-refractivity contribution in [3.05, 3.63) is 29.8 Å². The molecule has 0 unspecified atom stereocenters. The molecule has 0 aromatic heterocycles. The third-order valence-corrected chi connectivity index (χ3v) is 6.05. The Hall–Kier alpha value is -3.71. The van der Waals surface area contributed by atoms with E-state index in [1.54, 1.807) is 12.1 Å². The molecule has 218 valence electrons. The quantitative estimate of drug-likeness (QED) is 0.0720. The van der Waals surface area contributed by atoms with Crippen LogP contribution in [0.3, 0.4) is 0 Å². The fourth-order valence-electron chi connectivity index (χ4n) is 3.94. The number of nitrogens with one attached hydrogen (secondary N) is 4. The van der Waals surface area contributed by atoms with E-state index in [2.05, 4.69) is 16.0 Å². The van der Waals surface area contributed by atoms with E-state index >= 15 is 0 Å². The summed E-state index contributed by atoms with van der Waals surface area (Å²) in [5.41, 5.74) is 13.1. The lowest BCUT2D eigenvalue weighted by Gasteiger charge is -2.25. The van der Waals surface area contributed by atoms with Crippen LogP contribution >= 0.6 is 0 Å². The van der Waals surface area contributed by atoms with Crippen LogP contribution in [0, 0.1) is 11.8 Å². The van der Waals surface area contributed by atoms with Crippen molar-refractivity contribution in [2.45, 2.75) is 77.4 Å². The lowest BCUT2D eigenvalue weighted by Crippen LogP contribution is -2.56. The zero-order chi connectivity index (χ0) is 29.5. The number of rotatable bonds is 17. The summed E-state index contributed by atoms with van der Waals surface area (Å²) >= 11 is 0. The number of hydroxylamine groups is 1. The molecule has 10 N–H and O–H groups in total. The Balaban J connectivity index is 3.02. The maximum atomic E-state index is 13.2. The van der Waals surface area contributed by atoms with Crippen LogP contribution in [0.25, 0.3) is 0 Å². The molecule has 0 saturated heterocycles. The van der Waals surface area contributed by atoms with Crippen LogP contribution in [-0.2, 0) is 30.4 Å². The fraction of sp³-hybridized carbons (Fsp3) is 0.577. The topological polar surface area (TPSA) is 226 Å². The molecular weight excluding hydrogens is 508 g/mol. The number of hydrogen-bond acceptors (Lipinski definition) is 8. The first-order valence-electron chi connectivity index (χ1n) is 13.0. The minimum Gasteiger partial charge on any atom is -0.508 e. The van der Waals surface area contributed by atoms with E-state index in [0.717, 1.165) is 0 Å². The van der Waals surface area contributed by atoms with E-state index in [4.69, 9.17) is 16.7 Å². The van der Waals surface area contributed by atoms with Crippen LogP contribution in [0.4, 0.5) is 0 Å². The number of phenolic OH excluding ortho intramolecular Hbond substituents is 1. The average Bonchev–Trinajstić information content (AvgIpc) is 2.87. The second kappa shape index (κ2) is 17.0. The first-order valence-corrected chi connectivity index (χ1v) is 13.0. The van der Waals surface area contributed by atoms with Gasteiger partial charge < -0.3 is 32.5 Å². The summed E-state index contributed by atoms with van der Waals surface area (Å²) in [4.78, 5) is 62.6. The highest BCUT2D eigenvalue weighted by molar-refractivity contribution is 5.94. The second-order valence-corrected chi connectivity index (χ2v) is 9.98. The molecular formula is C26H42N6O7. The summed E-state index contributed by atoms with van der Waals surface area (Å²) < 4.78 is 0. The molecule has 39 heavy (non-hydrogen) atoms. The van der Waals surface area contributed by atoms with Gasteiger partial charge in [-0.3, -0.25) is 29.2 Å². The van der Waals surface area contributed by atoms with Gasteiger partial charge in [0.25, 0.3) is 0 Å². The minimum atomic E-state index is -1.13. The number of carbonyl (C=O) groups is 5. The zero-order valence-corrected chi connectivity index (χ0v) is 22.7. The molecule has 0 radical (unpaired) electrons. The number of unbranched alkanes of at least 4 members (excludes halogenated alkanes) is 1. The van der Waals surface area contributed by atoms with Gasteiger partial charge in [-0.2, -0.15) is 0 Å². The van der Waals surface area contributed by atoms with Crippen molar-refractivity contribution >= 4 is 29.5 Å². The van der Waals surface area contributed by atoms with Crippen molar-refractivity contribution in [2.75, 3.05) is 6.54 Å². The van der Waals surface area contributed by atoms with E-state index < -0.39 is 53.6 Å². The molecule has 0 heterocycles. The number of primary amides is 1. The average molecular weight is 551 g/mol. The molecule has 13 nitrogen and oxygen atoms in total. The fourth-order valence-corrected chi connectivity index (χ4v) is 3.94. The SMILES string of the molecule is CC(C)C[C@H](CC(=O)NO)C(=O)N[C@@H](C)C(=O)N[C@@H](Cc1ccc(O)cc1)C(=O)N[C@@H](CCCCN)C(N)=O. The summed E-state index contributed by atoms with van der Waals surface area (Å²) in [6.07, 6.45) is 1.59. The van der Waals surface area contributed by atoms with Crippen molar-refractivity contribution < 1.29 is 34.3 Å². The summed E-state index contributed by atoms with van der Waals surface area (Å²) in [5.74, 6) is -4.01. The highest BCUT2D eigenvalue weighted by Gasteiger charge is 2.30. The van der Waals surface area contributed by atoms with Crippen molar-refractivity contribution in [3.63, 3.8) is 0 Å². The zero-order valence-electron chi connectivity index (χ0n) is 22.7. The molecule has 13 heteroatoms. The van der Waals surface area contributed by atoms with Crippen molar-refractivity contribution in [1.82, 2.24) is 21.4 Å². The number of hydrogen-bond donors (Lipinski definition) is 8. The summed E-state index contributed by atoms with van der Waals surface area (Å²) in [5, 5.41) is 26.2. The van der Waals surface area contributed by atoms with Crippen LogP contribution < -0.4 is 32.9 Å². The van der Waals surface area contributed by atoms with Crippen LogP contribution in [0.2, 0.25) is 0 Å². The molecule has 0 aliphatic rings. The van der Waals surface area contributed by atoms with E-state index in [1.807, 2.05) is 13.8 Å². The summed E-state index contributed by atoms with van der Waals surface area (Å²) in [6, 6.07) is 2.87. The van der Waals surface area contributed by atoms with Gasteiger partial charge in [0.2, 0.25) is 29.5 Å². The smallest absolute Gasteiger partial charge is 0.244 e. The van der Waals surface area contributed by atoms with Gasteiger partial charge in [-0.25, -0.2) is 5.48 Å². The normalized spacial score (nSPS) is 14.0. The predicted octanol–water partition coefficient (Wildman–Crippen LogP) is -0.419. The van der Waals surface area contributed by atoms with E-state index in [1.165, 1.54) is 24.5 Å². The van der Waals surface area contributed by atoms with E-state index in [9.17, 15) is 29.1 Å². The standard InChI is InChI=1S/C26H42N6O7/c1-15(2)12-18(14-22(34)32-39)25(37)29-16(3)24(36)31-21(13-17-7-9-19(33)10-8-17)26(38)30-20(23(28)35)6-4-5-11-27/h7-10,15-16,18,20-21,33,39H,4-6,11-14,27H2,1-3H3,(H2,28,35)(H,29,37)(H,30,38)(H,31,36)(H,32,34)/t16-,18+,20-,21-/m0/s1. The van der Waals surface area contributed by atoms with E-state index in [0.29, 0.717) is 31.4 Å². The Kier molecular flexibility index (Phi) is 14.5. The largest absolute Gasteiger partial charge is 0.508 e. The first-order chi connectivity index (χ1) is 18.4. The number of amides is 5. The van der Waals surface area contributed by atoms with Crippen LogP contribution in [-0.4, -0.2) is 64.5 Å². The highest BCUT2D eigenvalue weighted by atomic mass is 16.5. The summed E-state index contributed by atoms with van der Waals surface area (Å²) in [7, 11) is 0.